The van der Waals surface area contributed by atoms with Gasteiger partial charge in [-0.3, -0.25) is 9.10 Å². The average Bonchev–Trinajstić information content (AvgIpc) is 2.96. The Morgan fingerprint density at radius 1 is 1.05 bits per heavy atom. The van der Waals surface area contributed by atoms with Crippen LogP contribution in [-0.2, 0) is 25.7 Å². The summed E-state index contributed by atoms with van der Waals surface area (Å²) in [4.78, 5) is 11.6. The first-order valence-corrected chi connectivity index (χ1v) is 14.7. The largest absolute Gasteiger partial charge is 0.486 e. The van der Waals surface area contributed by atoms with Crippen molar-refractivity contribution in [1.29, 1.82) is 0 Å². The summed E-state index contributed by atoms with van der Waals surface area (Å²) in [6.07, 6.45) is -5.72. The second kappa shape index (κ2) is 11.8. The highest BCUT2D eigenvalue weighted by molar-refractivity contribution is 7.92. The smallest absolute Gasteiger partial charge is 0.416 e. The number of alkyl halides is 5. The molecule has 5 rings (SSSR count). The van der Waals surface area contributed by atoms with Crippen LogP contribution in [0.5, 0.6) is 11.5 Å². The second-order valence-corrected chi connectivity index (χ2v) is 12.3. The van der Waals surface area contributed by atoms with Gasteiger partial charge in [-0.2, -0.15) is 22.0 Å². The van der Waals surface area contributed by atoms with Crippen LogP contribution in [0.1, 0.15) is 24.8 Å². The number of rotatable bonds is 8. The normalized spacial score (nSPS) is 18.4. The van der Waals surface area contributed by atoms with Crippen molar-refractivity contribution in [2.24, 2.45) is 5.41 Å². The van der Waals surface area contributed by atoms with Crippen LogP contribution in [0.2, 0.25) is 0 Å². The third-order valence-corrected chi connectivity index (χ3v) is 9.37. The minimum absolute atomic E-state index is 0.0337. The molecule has 0 spiro atoms. The molecular formula is C29H25F6NO7S. The van der Waals surface area contributed by atoms with Gasteiger partial charge in [-0.05, 0) is 66.4 Å². The summed E-state index contributed by atoms with van der Waals surface area (Å²) in [5.41, 5.74) is -2.44. The molecule has 0 saturated carbocycles. The molecule has 0 aromatic heterocycles. The van der Waals surface area contributed by atoms with Crippen molar-refractivity contribution in [2.75, 3.05) is 24.1 Å². The van der Waals surface area contributed by atoms with Gasteiger partial charge >= 0.3 is 18.8 Å². The first kappa shape index (κ1) is 31.4. The van der Waals surface area contributed by atoms with Crippen LogP contribution >= 0.6 is 0 Å². The summed E-state index contributed by atoms with van der Waals surface area (Å²) >= 11 is 0. The van der Waals surface area contributed by atoms with Crippen molar-refractivity contribution in [3.05, 3.63) is 72.0 Å². The highest BCUT2D eigenvalue weighted by atomic mass is 32.2. The van der Waals surface area contributed by atoms with Gasteiger partial charge in [0, 0.05) is 25.7 Å². The number of carboxylic acid groups (broad SMARTS) is 1. The number of halogens is 6. The van der Waals surface area contributed by atoms with Gasteiger partial charge in [0.05, 0.1) is 28.1 Å². The van der Waals surface area contributed by atoms with Crippen LogP contribution in [0, 0.1) is 11.2 Å². The average molecular weight is 646 g/mol. The Hall–Kier alpha value is -3.98. The van der Waals surface area contributed by atoms with Gasteiger partial charge in [-0.1, -0.05) is 12.1 Å². The zero-order valence-electron chi connectivity index (χ0n) is 22.7. The van der Waals surface area contributed by atoms with Gasteiger partial charge in [0.15, 0.2) is 0 Å². The SMILES string of the molecule is O=C(O)C1(CC2CN(S(=O)(=O)c3cccc(C(F)(F)F)c3)c3cc(-c4cc(F)cc(OC(F)F)c4)ccc3O2)CCOCC1. The first-order chi connectivity index (χ1) is 20.7. The summed E-state index contributed by atoms with van der Waals surface area (Å²) in [6.45, 7) is -3.38. The molecule has 0 aliphatic carbocycles. The van der Waals surface area contributed by atoms with Crippen molar-refractivity contribution < 1.29 is 58.9 Å². The maximum absolute atomic E-state index is 14.3. The molecule has 1 unspecified atom stereocenters. The number of ether oxygens (including phenoxy) is 3. The number of aliphatic carboxylic acids is 1. The van der Waals surface area contributed by atoms with Crippen molar-refractivity contribution in [2.45, 2.75) is 43.0 Å². The second-order valence-electron chi connectivity index (χ2n) is 10.4. The van der Waals surface area contributed by atoms with Crippen LogP contribution < -0.4 is 13.8 Å². The zero-order valence-corrected chi connectivity index (χ0v) is 23.5. The Kier molecular flexibility index (Phi) is 8.46. The number of nitrogens with zero attached hydrogens (tertiary/aromatic N) is 1. The van der Waals surface area contributed by atoms with Crippen molar-refractivity contribution in [3.8, 4) is 22.6 Å². The maximum atomic E-state index is 14.3. The number of sulfonamides is 1. The lowest BCUT2D eigenvalue weighted by Crippen LogP contribution is -2.48. The van der Waals surface area contributed by atoms with E-state index in [9.17, 15) is 44.7 Å². The molecule has 15 heteroatoms. The fourth-order valence-electron chi connectivity index (χ4n) is 5.39. The fourth-order valence-corrected chi connectivity index (χ4v) is 6.93. The highest BCUT2D eigenvalue weighted by Crippen LogP contribution is 2.44. The number of benzene rings is 3. The number of carbonyl (C=O) groups is 1. The number of hydrogen-bond donors (Lipinski definition) is 1. The molecule has 0 bridgehead atoms. The van der Waals surface area contributed by atoms with Gasteiger partial charge in [-0.15, -0.1) is 0 Å². The first-order valence-electron chi connectivity index (χ1n) is 13.3. The molecule has 1 atom stereocenters. The Labute approximate surface area is 247 Å². The lowest BCUT2D eigenvalue weighted by molar-refractivity contribution is -0.157. The molecule has 3 aromatic carbocycles. The van der Waals surface area contributed by atoms with E-state index in [1.54, 1.807) is 0 Å². The number of hydrogen-bond acceptors (Lipinski definition) is 6. The molecule has 1 fully saturated rings. The van der Waals surface area contributed by atoms with Crippen molar-refractivity contribution in [3.63, 3.8) is 0 Å². The van der Waals surface area contributed by atoms with Crippen LogP contribution in [0.3, 0.4) is 0 Å². The Balaban J connectivity index is 1.60. The predicted molar refractivity (Wildman–Crippen MR) is 144 cm³/mol. The molecule has 1 N–H and O–H groups in total. The van der Waals surface area contributed by atoms with Gasteiger partial charge in [-0.25, -0.2) is 12.8 Å². The Bertz CT molecular complexity index is 1660. The minimum Gasteiger partial charge on any atom is -0.486 e. The van der Waals surface area contributed by atoms with Gasteiger partial charge in [0.25, 0.3) is 10.0 Å². The number of anilines is 1. The van der Waals surface area contributed by atoms with Crippen LogP contribution in [0.4, 0.5) is 32.0 Å². The summed E-state index contributed by atoms with van der Waals surface area (Å²) in [5, 5.41) is 10.0. The van der Waals surface area contributed by atoms with E-state index in [-0.39, 0.29) is 55.0 Å². The standard InChI is InChI=1S/C29H25F6NO7S/c30-20-10-18(11-21(14-20)43-27(31)32)17-4-5-25-24(12-17)36(44(39,40)23-3-1-2-19(13-23)29(33,34)35)16-22(42-25)15-28(26(37)38)6-8-41-9-7-28/h1-5,10-14,22,27H,6-9,15-16H2,(H,37,38). The van der Waals surface area contributed by atoms with Crippen LogP contribution in [-0.4, -0.2) is 52.0 Å². The van der Waals surface area contributed by atoms with E-state index in [1.807, 2.05) is 0 Å². The molecule has 2 heterocycles. The monoisotopic (exact) mass is 645 g/mol. The lowest BCUT2D eigenvalue weighted by atomic mass is 9.75. The van der Waals surface area contributed by atoms with E-state index in [2.05, 4.69) is 4.74 Å². The van der Waals surface area contributed by atoms with Gasteiger partial charge in [0.2, 0.25) is 0 Å². The highest BCUT2D eigenvalue weighted by Gasteiger charge is 2.45. The maximum Gasteiger partial charge on any atom is 0.416 e. The molecule has 0 radical (unpaired) electrons. The summed E-state index contributed by atoms with van der Waals surface area (Å²) < 4.78 is 125. The molecule has 1 saturated heterocycles. The molecule has 0 amide bonds. The number of fused-ring (bicyclic) bond motifs is 1. The van der Waals surface area contributed by atoms with E-state index in [0.717, 1.165) is 40.7 Å². The Morgan fingerprint density at radius 3 is 2.43 bits per heavy atom. The van der Waals surface area contributed by atoms with Gasteiger partial charge in [0.1, 0.15) is 23.4 Å². The quantitative estimate of drug-likeness (QED) is 0.285. The van der Waals surface area contributed by atoms with E-state index in [4.69, 9.17) is 9.47 Å². The predicted octanol–water partition coefficient (Wildman–Crippen LogP) is 6.34. The molecule has 236 valence electrons. The third-order valence-electron chi connectivity index (χ3n) is 7.59. The minimum atomic E-state index is -4.84. The number of carboxylic acids is 1. The Morgan fingerprint density at radius 2 is 1.77 bits per heavy atom. The summed E-state index contributed by atoms with van der Waals surface area (Å²) in [5.74, 6) is -2.57. The van der Waals surface area contributed by atoms with E-state index in [0.29, 0.717) is 6.07 Å². The topological polar surface area (TPSA) is 102 Å². The van der Waals surface area contributed by atoms with Gasteiger partial charge < -0.3 is 19.3 Å². The van der Waals surface area contributed by atoms with Crippen LogP contribution in [0.25, 0.3) is 11.1 Å². The molecule has 3 aromatic rings. The van der Waals surface area contributed by atoms with E-state index >= 15 is 0 Å². The van der Waals surface area contributed by atoms with Crippen LogP contribution in [0.15, 0.2) is 65.6 Å². The molecule has 2 aliphatic heterocycles. The molecular weight excluding hydrogens is 620 g/mol. The fraction of sp³-hybridized carbons (Fsp3) is 0.345. The third kappa shape index (κ3) is 6.43. The lowest BCUT2D eigenvalue weighted by Gasteiger charge is -2.40. The summed E-state index contributed by atoms with van der Waals surface area (Å²) in [6, 6.07) is 10.00. The van der Waals surface area contributed by atoms with Crippen molar-refractivity contribution >= 4 is 21.7 Å². The molecule has 44 heavy (non-hydrogen) atoms. The van der Waals surface area contributed by atoms with Crippen molar-refractivity contribution in [1.82, 2.24) is 0 Å². The molecule has 8 nitrogen and oxygen atoms in total. The zero-order chi connectivity index (χ0) is 31.9. The van der Waals surface area contributed by atoms with E-state index in [1.165, 1.54) is 18.2 Å². The summed E-state index contributed by atoms with van der Waals surface area (Å²) in [7, 11) is -4.72. The van der Waals surface area contributed by atoms with E-state index < -0.39 is 68.9 Å². The molecule has 2 aliphatic rings.